The number of hydrazine groups is 1. The summed E-state index contributed by atoms with van der Waals surface area (Å²) in [6, 6.07) is 7.93. The van der Waals surface area contributed by atoms with Crippen LogP contribution in [0.1, 0.15) is 29.0 Å². The first kappa shape index (κ1) is 18.1. The van der Waals surface area contributed by atoms with Crippen molar-refractivity contribution in [3.63, 3.8) is 0 Å². The third-order valence-corrected chi connectivity index (χ3v) is 4.53. The summed E-state index contributed by atoms with van der Waals surface area (Å²) in [6.07, 6.45) is 0.787. The van der Waals surface area contributed by atoms with Gasteiger partial charge in [0.05, 0.1) is 11.4 Å². The maximum Gasteiger partial charge on any atom is 0.248 e. The van der Waals surface area contributed by atoms with E-state index in [2.05, 4.69) is 16.0 Å². The van der Waals surface area contributed by atoms with Gasteiger partial charge in [-0.3, -0.25) is 20.4 Å². The van der Waals surface area contributed by atoms with Crippen molar-refractivity contribution in [2.24, 2.45) is 0 Å². The smallest absolute Gasteiger partial charge is 0.248 e. The third-order valence-electron chi connectivity index (χ3n) is 3.52. The molecule has 2 aromatic rings. The molecule has 1 heterocycles. The van der Waals surface area contributed by atoms with E-state index in [1.807, 2.05) is 45.0 Å². The van der Waals surface area contributed by atoms with Crippen LogP contribution in [-0.4, -0.2) is 22.7 Å². The molecule has 0 saturated heterocycles. The van der Waals surface area contributed by atoms with Crippen molar-refractivity contribution in [3.8, 4) is 0 Å². The van der Waals surface area contributed by atoms with Crippen molar-refractivity contribution in [2.75, 3.05) is 5.75 Å². The molecule has 0 aliphatic rings. The molecule has 2 rings (SSSR count). The minimum Gasteiger partial charge on any atom is -0.361 e. The van der Waals surface area contributed by atoms with E-state index in [9.17, 15) is 9.59 Å². The van der Waals surface area contributed by atoms with Crippen LogP contribution in [-0.2, 0) is 16.0 Å². The number of thioether (sulfide) groups is 1. The van der Waals surface area contributed by atoms with E-state index < -0.39 is 0 Å². The van der Waals surface area contributed by atoms with Gasteiger partial charge in [0, 0.05) is 16.9 Å². The summed E-state index contributed by atoms with van der Waals surface area (Å²) in [5.41, 5.74) is 7.75. The number of carbonyl (C=O) groups is 2. The molecule has 2 N–H and O–H groups in total. The van der Waals surface area contributed by atoms with E-state index in [1.54, 1.807) is 0 Å². The van der Waals surface area contributed by atoms with Crippen molar-refractivity contribution < 1.29 is 14.1 Å². The van der Waals surface area contributed by atoms with Crippen LogP contribution in [0.15, 0.2) is 33.7 Å². The van der Waals surface area contributed by atoms with Gasteiger partial charge in [0.25, 0.3) is 0 Å². The molecule has 1 aromatic carbocycles. The topological polar surface area (TPSA) is 84.2 Å². The first-order valence-electron chi connectivity index (χ1n) is 7.64. The highest BCUT2D eigenvalue weighted by Crippen LogP contribution is 2.17. The van der Waals surface area contributed by atoms with Gasteiger partial charge in [-0.1, -0.05) is 22.9 Å². The van der Waals surface area contributed by atoms with E-state index in [4.69, 9.17) is 4.52 Å². The second kappa shape index (κ2) is 8.54. The summed E-state index contributed by atoms with van der Waals surface area (Å²) in [5.74, 6) is 0.474. The predicted molar refractivity (Wildman–Crippen MR) is 92.5 cm³/mol. The average molecular weight is 347 g/mol. The summed E-state index contributed by atoms with van der Waals surface area (Å²) >= 11 is 1.42. The van der Waals surface area contributed by atoms with Crippen LogP contribution in [0.5, 0.6) is 0 Å². The molecule has 7 heteroatoms. The molecule has 128 valence electrons. The molecular weight excluding hydrogens is 326 g/mol. The number of hydrogen-bond donors (Lipinski definition) is 2. The largest absolute Gasteiger partial charge is 0.361 e. The number of nitrogens with zero attached hydrogens (tertiary/aromatic N) is 1. The van der Waals surface area contributed by atoms with Crippen molar-refractivity contribution in [1.29, 1.82) is 0 Å². The van der Waals surface area contributed by atoms with E-state index in [-0.39, 0.29) is 24.0 Å². The molecule has 1 aromatic heterocycles. The lowest BCUT2D eigenvalue weighted by Gasteiger charge is -2.07. The Morgan fingerprint density at radius 2 is 1.75 bits per heavy atom. The zero-order valence-corrected chi connectivity index (χ0v) is 14.8. The van der Waals surface area contributed by atoms with Crippen LogP contribution in [0.3, 0.4) is 0 Å². The lowest BCUT2D eigenvalue weighted by molar-refractivity contribution is -0.127. The Bertz CT molecular complexity index is 691. The van der Waals surface area contributed by atoms with Crippen molar-refractivity contribution in [1.82, 2.24) is 16.0 Å². The second-order valence-corrected chi connectivity index (χ2v) is 6.55. The molecule has 6 nitrogen and oxygen atoms in total. The normalized spacial score (nSPS) is 10.5. The lowest BCUT2D eigenvalue weighted by Crippen LogP contribution is -2.42. The van der Waals surface area contributed by atoms with Crippen LogP contribution in [0, 0.1) is 20.8 Å². The van der Waals surface area contributed by atoms with Crippen LogP contribution >= 0.6 is 11.8 Å². The van der Waals surface area contributed by atoms with Gasteiger partial charge in [0.2, 0.25) is 11.8 Å². The Morgan fingerprint density at radius 1 is 1.08 bits per heavy atom. The number of carbonyl (C=O) groups excluding carboxylic acids is 2. The van der Waals surface area contributed by atoms with Crippen LogP contribution in [0.2, 0.25) is 0 Å². The zero-order chi connectivity index (χ0) is 17.5. The molecule has 0 fully saturated rings. The zero-order valence-electron chi connectivity index (χ0n) is 14.0. The minimum absolute atomic E-state index is 0.243. The summed E-state index contributed by atoms with van der Waals surface area (Å²) in [7, 11) is 0. The van der Waals surface area contributed by atoms with Gasteiger partial charge in [0.15, 0.2) is 0 Å². The molecule has 2 amide bonds. The number of aromatic nitrogens is 1. The number of rotatable bonds is 6. The fourth-order valence-electron chi connectivity index (χ4n) is 2.12. The molecule has 0 atom stereocenters. The van der Waals surface area contributed by atoms with Gasteiger partial charge in [-0.15, -0.1) is 11.8 Å². The summed E-state index contributed by atoms with van der Waals surface area (Å²) in [4.78, 5) is 24.6. The second-order valence-electron chi connectivity index (χ2n) is 5.50. The van der Waals surface area contributed by atoms with Crippen LogP contribution in [0.4, 0.5) is 0 Å². The predicted octanol–water partition coefficient (Wildman–Crippen LogP) is 2.47. The summed E-state index contributed by atoms with van der Waals surface area (Å²) < 4.78 is 5.05. The monoisotopic (exact) mass is 347 g/mol. The van der Waals surface area contributed by atoms with Gasteiger partial charge in [-0.05, 0) is 39.3 Å². The van der Waals surface area contributed by atoms with Crippen LogP contribution in [0.25, 0.3) is 0 Å². The van der Waals surface area contributed by atoms with Crippen molar-refractivity contribution in [3.05, 3.63) is 46.8 Å². The molecule has 0 bridgehead atoms. The summed E-state index contributed by atoms with van der Waals surface area (Å²) in [5, 5.41) is 3.85. The highest BCUT2D eigenvalue weighted by Gasteiger charge is 2.11. The molecule has 0 saturated carbocycles. The molecule has 0 aliphatic heterocycles. The standard InChI is InChI=1S/C17H21N3O3S/c1-11-4-6-14(7-5-11)24-10-17(22)19-18-16(21)9-8-15-12(2)20-23-13(15)3/h4-7H,8-10H2,1-3H3,(H,18,21)(H,19,22). The Morgan fingerprint density at radius 3 is 2.38 bits per heavy atom. The Balaban J connectivity index is 1.67. The van der Waals surface area contributed by atoms with E-state index in [0.29, 0.717) is 6.42 Å². The lowest BCUT2D eigenvalue weighted by atomic mass is 10.1. The number of benzene rings is 1. The number of nitrogens with one attached hydrogen (secondary N) is 2. The molecule has 24 heavy (non-hydrogen) atoms. The Kier molecular flexibility index (Phi) is 6.43. The molecule has 0 radical (unpaired) electrons. The van der Waals surface area contributed by atoms with Gasteiger partial charge in [0.1, 0.15) is 5.76 Å². The highest BCUT2D eigenvalue weighted by atomic mass is 32.2. The van der Waals surface area contributed by atoms with Gasteiger partial charge >= 0.3 is 0 Å². The fourth-order valence-corrected chi connectivity index (χ4v) is 2.82. The quantitative estimate of drug-likeness (QED) is 0.619. The maximum atomic E-state index is 11.8. The van der Waals surface area contributed by atoms with Gasteiger partial charge < -0.3 is 4.52 Å². The highest BCUT2D eigenvalue weighted by molar-refractivity contribution is 8.00. The molecule has 0 spiro atoms. The Hall–Kier alpha value is -2.28. The molecule has 0 unspecified atom stereocenters. The Labute approximate surface area is 145 Å². The van der Waals surface area contributed by atoms with E-state index >= 15 is 0 Å². The number of amides is 2. The first-order chi connectivity index (χ1) is 11.5. The van der Waals surface area contributed by atoms with E-state index in [1.165, 1.54) is 17.3 Å². The third kappa shape index (κ3) is 5.42. The number of aryl methyl sites for hydroxylation is 3. The van der Waals surface area contributed by atoms with Gasteiger partial charge in [-0.2, -0.15) is 0 Å². The van der Waals surface area contributed by atoms with E-state index in [0.717, 1.165) is 21.9 Å². The number of hydrogen-bond acceptors (Lipinski definition) is 5. The maximum absolute atomic E-state index is 11.8. The summed E-state index contributed by atoms with van der Waals surface area (Å²) in [6.45, 7) is 5.67. The van der Waals surface area contributed by atoms with Gasteiger partial charge in [-0.25, -0.2) is 0 Å². The SMILES string of the molecule is Cc1ccc(SCC(=O)NNC(=O)CCc2c(C)noc2C)cc1. The van der Waals surface area contributed by atoms with Crippen molar-refractivity contribution >= 4 is 23.6 Å². The fraction of sp³-hybridized carbons (Fsp3) is 0.353. The van der Waals surface area contributed by atoms with Crippen LogP contribution < -0.4 is 10.9 Å². The minimum atomic E-state index is -0.247. The molecular formula is C17H21N3O3S. The first-order valence-corrected chi connectivity index (χ1v) is 8.63. The molecule has 0 aliphatic carbocycles. The van der Waals surface area contributed by atoms with Crippen molar-refractivity contribution in [2.45, 2.75) is 38.5 Å². The average Bonchev–Trinajstić information content (AvgIpc) is 2.89.